The van der Waals surface area contributed by atoms with Crippen molar-refractivity contribution in [1.82, 2.24) is 9.80 Å². The van der Waals surface area contributed by atoms with Gasteiger partial charge in [-0.3, -0.25) is 4.90 Å². The molecule has 182 valence electrons. The Bertz CT molecular complexity index is 920. The van der Waals surface area contributed by atoms with Crippen molar-refractivity contribution in [3.8, 4) is 0 Å². The molecule has 2 bridgehead atoms. The van der Waals surface area contributed by atoms with Gasteiger partial charge in [-0.2, -0.15) is 0 Å². The van der Waals surface area contributed by atoms with E-state index in [2.05, 4.69) is 46.0 Å². The van der Waals surface area contributed by atoms with Crippen LogP contribution in [-0.2, 0) is 15.6 Å². The fourth-order valence-corrected chi connectivity index (χ4v) is 5.58. The van der Waals surface area contributed by atoms with Crippen LogP contribution in [0.2, 0.25) is 18.1 Å². The van der Waals surface area contributed by atoms with E-state index in [0.717, 1.165) is 30.6 Å². The molecule has 3 rings (SSSR count). The predicted molar refractivity (Wildman–Crippen MR) is 132 cm³/mol. The van der Waals surface area contributed by atoms with Crippen molar-refractivity contribution < 1.29 is 24.2 Å². The molecule has 0 unspecified atom stereocenters. The van der Waals surface area contributed by atoms with Gasteiger partial charge in [-0.05, 0) is 61.1 Å². The van der Waals surface area contributed by atoms with Crippen LogP contribution in [0.25, 0.3) is 5.57 Å². The molecule has 0 saturated carbocycles. The van der Waals surface area contributed by atoms with Gasteiger partial charge in [-0.1, -0.05) is 45.0 Å². The molecule has 1 fully saturated rings. The lowest BCUT2D eigenvalue weighted by molar-refractivity contribution is -0.134. The number of likely N-dealkylation sites (N-methyl/N-ethyl adjacent to an activating group) is 1. The van der Waals surface area contributed by atoms with E-state index in [1.165, 1.54) is 10.5 Å². The lowest BCUT2D eigenvalue weighted by Crippen LogP contribution is -2.61. The van der Waals surface area contributed by atoms with Crippen molar-refractivity contribution in [2.45, 2.75) is 70.2 Å². The van der Waals surface area contributed by atoms with E-state index in [1.807, 2.05) is 24.1 Å². The molecule has 1 aromatic carbocycles. The second kappa shape index (κ2) is 9.60. The highest BCUT2D eigenvalue weighted by Gasteiger charge is 2.43. The smallest absolute Gasteiger partial charge is 0.407 e. The molecule has 0 aromatic heterocycles. The van der Waals surface area contributed by atoms with E-state index in [1.54, 1.807) is 0 Å². The van der Waals surface area contributed by atoms with Crippen LogP contribution < -0.4 is 0 Å². The molecular weight excluding hydrogens is 436 g/mol. The van der Waals surface area contributed by atoms with Gasteiger partial charge in [-0.15, -0.1) is 0 Å². The standard InChI is InChI=1S/C25H38N2O5Si/c1-25(2,3)33(5,6)32-13-7-8-17-9-11-18(12-10-17)20-14-19-15-27(24(30)31)16-21(26(19)4)22(20)23(28)29/h9-12,19,21H,7-8,13-16H2,1-6H3,(H,28,29)(H,30,31)/t19-,21-/m1/s1. The molecule has 0 spiro atoms. The average Bonchev–Trinajstić information content (AvgIpc) is 2.70. The van der Waals surface area contributed by atoms with Gasteiger partial charge in [0.2, 0.25) is 0 Å². The Balaban J connectivity index is 1.71. The van der Waals surface area contributed by atoms with Crippen LogP contribution in [0.4, 0.5) is 4.79 Å². The first-order valence-corrected chi connectivity index (χ1v) is 14.6. The third-order valence-electron chi connectivity index (χ3n) is 7.67. The molecule has 0 radical (unpaired) electrons. The number of piperazine rings is 1. The largest absolute Gasteiger partial charge is 0.478 e. The number of rotatable bonds is 7. The van der Waals surface area contributed by atoms with Crippen LogP contribution in [0.5, 0.6) is 0 Å². The zero-order valence-corrected chi connectivity index (χ0v) is 21.7. The van der Waals surface area contributed by atoms with Gasteiger partial charge in [0.1, 0.15) is 0 Å². The van der Waals surface area contributed by atoms with Gasteiger partial charge in [0, 0.05) is 25.7 Å². The average molecular weight is 475 g/mol. The summed E-state index contributed by atoms with van der Waals surface area (Å²) in [6, 6.07) is 7.71. The molecule has 2 atom stereocenters. The van der Waals surface area contributed by atoms with E-state index in [4.69, 9.17) is 4.43 Å². The molecule has 1 aromatic rings. The lowest BCUT2D eigenvalue weighted by Gasteiger charge is -2.48. The van der Waals surface area contributed by atoms with Crippen LogP contribution in [0.3, 0.4) is 0 Å². The summed E-state index contributed by atoms with van der Waals surface area (Å²) in [6.45, 7) is 12.6. The minimum Gasteiger partial charge on any atom is -0.478 e. The molecule has 33 heavy (non-hydrogen) atoms. The molecule has 1 amide bonds. The second-order valence-electron chi connectivity index (χ2n) is 10.8. The normalized spacial score (nSPS) is 21.9. The summed E-state index contributed by atoms with van der Waals surface area (Å²) >= 11 is 0. The number of hydrogen-bond acceptors (Lipinski definition) is 4. The number of fused-ring (bicyclic) bond motifs is 2. The minimum absolute atomic E-state index is 0.0230. The van der Waals surface area contributed by atoms with Gasteiger partial charge >= 0.3 is 12.1 Å². The van der Waals surface area contributed by atoms with Crippen molar-refractivity contribution in [2.24, 2.45) is 0 Å². The van der Waals surface area contributed by atoms with E-state index in [-0.39, 0.29) is 17.6 Å². The number of nitrogens with zero attached hydrogens (tertiary/aromatic N) is 2. The summed E-state index contributed by atoms with van der Waals surface area (Å²) in [4.78, 5) is 27.1. The number of carboxylic acid groups (broad SMARTS) is 2. The van der Waals surface area contributed by atoms with Crippen LogP contribution in [0.15, 0.2) is 29.8 Å². The van der Waals surface area contributed by atoms with Crippen LogP contribution in [0.1, 0.15) is 44.7 Å². The Morgan fingerprint density at radius 2 is 1.76 bits per heavy atom. The first-order valence-electron chi connectivity index (χ1n) is 11.7. The summed E-state index contributed by atoms with van der Waals surface area (Å²) in [6.07, 6.45) is 1.40. The SMILES string of the molecule is CN1[C@@H]2CC(c3ccc(CCCO[Si](C)(C)C(C)(C)C)cc3)=C(C(=O)O)[C@H]1CN(C(=O)O)C2. The molecular formula is C25H38N2O5Si. The van der Waals surface area contributed by atoms with Crippen LogP contribution in [-0.4, -0.2) is 79.2 Å². The Morgan fingerprint density at radius 3 is 2.30 bits per heavy atom. The van der Waals surface area contributed by atoms with Gasteiger partial charge in [0.25, 0.3) is 0 Å². The fraction of sp³-hybridized carbons (Fsp3) is 0.600. The van der Waals surface area contributed by atoms with Crippen LogP contribution in [0, 0.1) is 0 Å². The predicted octanol–water partition coefficient (Wildman–Crippen LogP) is 4.55. The molecule has 0 aliphatic carbocycles. The second-order valence-corrected chi connectivity index (χ2v) is 15.6. The number of aryl methyl sites for hydroxylation is 1. The Hall–Kier alpha value is -2.16. The molecule has 2 heterocycles. The number of carbonyl (C=O) groups is 2. The zero-order valence-electron chi connectivity index (χ0n) is 20.7. The monoisotopic (exact) mass is 474 g/mol. The third-order valence-corrected chi connectivity index (χ3v) is 12.2. The van der Waals surface area contributed by atoms with E-state index in [9.17, 15) is 19.8 Å². The third kappa shape index (κ3) is 5.50. The summed E-state index contributed by atoms with van der Waals surface area (Å²) in [7, 11) is 0.164. The van der Waals surface area contributed by atoms with E-state index in [0.29, 0.717) is 18.5 Å². The summed E-state index contributed by atoms with van der Waals surface area (Å²) in [5.74, 6) is -0.973. The van der Waals surface area contributed by atoms with Crippen LogP contribution >= 0.6 is 0 Å². The van der Waals surface area contributed by atoms with Crippen molar-refractivity contribution in [3.05, 3.63) is 41.0 Å². The molecule has 2 aliphatic heterocycles. The highest BCUT2D eigenvalue weighted by Crippen LogP contribution is 2.38. The topological polar surface area (TPSA) is 90.3 Å². The maximum atomic E-state index is 12.2. The number of benzene rings is 1. The Morgan fingerprint density at radius 1 is 1.12 bits per heavy atom. The lowest BCUT2D eigenvalue weighted by atomic mass is 9.82. The summed E-state index contributed by atoms with van der Waals surface area (Å²) in [5.41, 5.74) is 3.27. The zero-order chi connectivity index (χ0) is 24.6. The maximum Gasteiger partial charge on any atom is 0.407 e. The number of carboxylic acids is 1. The van der Waals surface area contributed by atoms with Gasteiger partial charge < -0.3 is 19.5 Å². The first-order chi connectivity index (χ1) is 15.3. The quantitative estimate of drug-likeness (QED) is 0.445. The molecule has 2 N–H and O–H groups in total. The molecule has 7 nitrogen and oxygen atoms in total. The fourth-order valence-electron chi connectivity index (χ4n) is 4.49. The van der Waals surface area contributed by atoms with Crippen molar-refractivity contribution in [1.29, 1.82) is 0 Å². The highest BCUT2D eigenvalue weighted by atomic mass is 28.4. The van der Waals surface area contributed by atoms with Crippen molar-refractivity contribution >= 4 is 26.0 Å². The number of aliphatic carboxylic acids is 1. The molecule has 2 aliphatic rings. The Kier molecular flexibility index (Phi) is 7.41. The first kappa shape index (κ1) is 25.5. The summed E-state index contributed by atoms with van der Waals surface area (Å²) < 4.78 is 6.27. The van der Waals surface area contributed by atoms with Gasteiger partial charge in [0.05, 0.1) is 11.6 Å². The summed E-state index contributed by atoms with van der Waals surface area (Å²) in [5, 5.41) is 19.6. The maximum absolute atomic E-state index is 12.2. The van der Waals surface area contributed by atoms with Crippen molar-refractivity contribution in [2.75, 3.05) is 26.7 Å². The van der Waals surface area contributed by atoms with Gasteiger partial charge in [-0.25, -0.2) is 9.59 Å². The van der Waals surface area contributed by atoms with E-state index < -0.39 is 26.4 Å². The van der Waals surface area contributed by atoms with Gasteiger partial charge in [0.15, 0.2) is 8.32 Å². The number of amides is 1. The molecule has 1 saturated heterocycles. The van der Waals surface area contributed by atoms with E-state index >= 15 is 0 Å². The number of hydrogen-bond donors (Lipinski definition) is 2. The van der Waals surface area contributed by atoms with Crippen molar-refractivity contribution in [3.63, 3.8) is 0 Å². The minimum atomic E-state index is -1.73. The molecule has 8 heteroatoms. The Labute approximate surface area is 198 Å². The highest BCUT2D eigenvalue weighted by molar-refractivity contribution is 6.74.